The third kappa shape index (κ3) is 7.68. The standard InChI is InChI=1S/C15H21N5O2.2CH2O2/c1-9-3-12(19-18-9)4-11-6-20(8-14(11)21)7-13-5-15(22)17-10(2)16-13;2*2-1-3/h3,5,11,14,21H,4,6-8H2,1-2H3,(H,18,19)(H,16,17,22);2*1H,(H,2,3)/t11-,14+;;/m1../s1. The molecule has 1 aliphatic heterocycles. The van der Waals surface area contributed by atoms with E-state index >= 15 is 0 Å². The van der Waals surface area contributed by atoms with E-state index in [4.69, 9.17) is 19.8 Å². The Bertz CT molecular complexity index is 799. The van der Waals surface area contributed by atoms with Gasteiger partial charge in [-0.3, -0.25) is 24.4 Å². The number of aliphatic hydroxyl groups is 1. The second kappa shape index (κ2) is 11.6. The van der Waals surface area contributed by atoms with Gasteiger partial charge >= 0.3 is 0 Å². The van der Waals surface area contributed by atoms with Crippen molar-refractivity contribution in [2.24, 2.45) is 5.92 Å². The van der Waals surface area contributed by atoms with Gasteiger partial charge in [-0.15, -0.1) is 0 Å². The maximum absolute atomic E-state index is 11.5. The van der Waals surface area contributed by atoms with Crippen LogP contribution in [0.1, 0.15) is 22.9 Å². The van der Waals surface area contributed by atoms with Crippen molar-refractivity contribution >= 4 is 12.9 Å². The number of aromatic amines is 2. The van der Waals surface area contributed by atoms with Crippen molar-refractivity contribution in [2.45, 2.75) is 32.9 Å². The van der Waals surface area contributed by atoms with Gasteiger partial charge in [0.1, 0.15) is 5.82 Å². The Morgan fingerprint density at radius 1 is 1.18 bits per heavy atom. The number of aryl methyl sites for hydroxylation is 2. The maximum Gasteiger partial charge on any atom is 0.290 e. The first kappa shape index (κ1) is 23.0. The zero-order valence-electron chi connectivity index (χ0n) is 15.7. The van der Waals surface area contributed by atoms with Gasteiger partial charge in [0.15, 0.2) is 0 Å². The molecule has 1 fully saturated rings. The maximum atomic E-state index is 11.5. The Morgan fingerprint density at radius 2 is 1.82 bits per heavy atom. The highest BCUT2D eigenvalue weighted by atomic mass is 16.3. The topological polar surface area (TPSA) is 172 Å². The number of carboxylic acid groups (broad SMARTS) is 2. The number of aliphatic hydroxyl groups excluding tert-OH is 1. The minimum absolute atomic E-state index is 0.134. The van der Waals surface area contributed by atoms with E-state index in [1.54, 1.807) is 6.92 Å². The van der Waals surface area contributed by atoms with Crippen LogP contribution in [0.5, 0.6) is 0 Å². The average molecular weight is 395 g/mol. The van der Waals surface area contributed by atoms with E-state index in [9.17, 15) is 9.90 Å². The minimum atomic E-state index is -0.375. The fourth-order valence-corrected chi connectivity index (χ4v) is 3.07. The first-order chi connectivity index (χ1) is 13.3. The summed E-state index contributed by atoms with van der Waals surface area (Å²) in [5, 5.41) is 31.2. The van der Waals surface area contributed by atoms with Crippen LogP contribution in [-0.2, 0) is 22.6 Å². The van der Waals surface area contributed by atoms with E-state index < -0.39 is 0 Å². The number of β-amino-alcohol motifs (C(OH)–C–C–N with tert-alkyl or cyclic N) is 1. The molecule has 0 aromatic carbocycles. The Morgan fingerprint density at radius 3 is 2.36 bits per heavy atom. The van der Waals surface area contributed by atoms with E-state index in [0.717, 1.165) is 30.0 Å². The molecule has 0 radical (unpaired) electrons. The van der Waals surface area contributed by atoms with Gasteiger partial charge < -0.3 is 20.3 Å². The van der Waals surface area contributed by atoms with Crippen LogP contribution in [0.25, 0.3) is 0 Å². The van der Waals surface area contributed by atoms with E-state index in [0.29, 0.717) is 18.9 Å². The molecule has 0 amide bonds. The molecule has 0 aliphatic carbocycles. The number of nitrogens with zero attached hydrogens (tertiary/aromatic N) is 3. The molecule has 3 rings (SSSR count). The fourth-order valence-electron chi connectivity index (χ4n) is 3.07. The Labute approximate surface area is 161 Å². The first-order valence-electron chi connectivity index (χ1n) is 8.46. The molecular formula is C17H25N5O6. The summed E-state index contributed by atoms with van der Waals surface area (Å²) in [5.41, 5.74) is 2.62. The third-order valence-electron chi connectivity index (χ3n) is 4.01. The minimum Gasteiger partial charge on any atom is -0.483 e. The van der Waals surface area contributed by atoms with Crippen LogP contribution in [0.2, 0.25) is 0 Å². The predicted molar refractivity (Wildman–Crippen MR) is 98.8 cm³/mol. The van der Waals surface area contributed by atoms with Crippen LogP contribution in [0.4, 0.5) is 0 Å². The summed E-state index contributed by atoms with van der Waals surface area (Å²) in [6.07, 6.45) is 0.379. The molecular weight excluding hydrogens is 370 g/mol. The molecule has 2 aromatic heterocycles. The summed E-state index contributed by atoms with van der Waals surface area (Å²) in [6, 6.07) is 3.53. The van der Waals surface area contributed by atoms with Crippen LogP contribution < -0.4 is 5.56 Å². The van der Waals surface area contributed by atoms with Gasteiger partial charge in [-0.1, -0.05) is 0 Å². The van der Waals surface area contributed by atoms with Gasteiger partial charge in [0.05, 0.1) is 17.5 Å². The van der Waals surface area contributed by atoms with Crippen LogP contribution in [-0.4, -0.2) is 72.5 Å². The van der Waals surface area contributed by atoms with Gasteiger partial charge in [0.2, 0.25) is 0 Å². The van der Waals surface area contributed by atoms with E-state index in [1.807, 2.05) is 13.0 Å². The molecule has 3 heterocycles. The van der Waals surface area contributed by atoms with Crippen LogP contribution in [0.15, 0.2) is 16.9 Å². The highest BCUT2D eigenvalue weighted by molar-refractivity contribution is 5.33. The average Bonchev–Trinajstić information content (AvgIpc) is 3.14. The lowest BCUT2D eigenvalue weighted by atomic mass is 10.0. The van der Waals surface area contributed by atoms with Crippen LogP contribution in [0.3, 0.4) is 0 Å². The van der Waals surface area contributed by atoms with Crippen molar-refractivity contribution in [3.05, 3.63) is 45.4 Å². The van der Waals surface area contributed by atoms with Crippen molar-refractivity contribution in [3.8, 4) is 0 Å². The summed E-state index contributed by atoms with van der Waals surface area (Å²) < 4.78 is 0. The quantitative estimate of drug-likeness (QED) is 0.430. The smallest absolute Gasteiger partial charge is 0.290 e. The molecule has 2 aromatic rings. The molecule has 0 bridgehead atoms. The molecule has 0 unspecified atom stereocenters. The number of aromatic nitrogens is 4. The zero-order chi connectivity index (χ0) is 21.1. The molecule has 0 saturated carbocycles. The van der Waals surface area contributed by atoms with E-state index in [2.05, 4.69) is 25.1 Å². The summed E-state index contributed by atoms with van der Waals surface area (Å²) in [6.45, 7) is 5.20. The number of rotatable bonds is 4. The number of hydrogen-bond acceptors (Lipinski definition) is 7. The lowest BCUT2D eigenvalue weighted by Gasteiger charge is -2.14. The van der Waals surface area contributed by atoms with Crippen molar-refractivity contribution < 1.29 is 24.9 Å². The normalized spacial score (nSPS) is 18.4. The molecule has 28 heavy (non-hydrogen) atoms. The molecule has 0 spiro atoms. The Hall–Kier alpha value is -3.05. The summed E-state index contributed by atoms with van der Waals surface area (Å²) in [5.74, 6) is 0.775. The van der Waals surface area contributed by atoms with Gasteiger partial charge in [0.25, 0.3) is 18.5 Å². The molecule has 11 heteroatoms. The third-order valence-corrected chi connectivity index (χ3v) is 4.01. The van der Waals surface area contributed by atoms with Crippen molar-refractivity contribution in [2.75, 3.05) is 13.1 Å². The van der Waals surface area contributed by atoms with Crippen molar-refractivity contribution in [1.29, 1.82) is 0 Å². The van der Waals surface area contributed by atoms with Gasteiger partial charge in [-0.25, -0.2) is 4.98 Å². The highest BCUT2D eigenvalue weighted by Crippen LogP contribution is 2.22. The van der Waals surface area contributed by atoms with Gasteiger partial charge in [0, 0.05) is 37.3 Å². The van der Waals surface area contributed by atoms with Gasteiger partial charge in [-0.05, 0) is 26.3 Å². The lowest BCUT2D eigenvalue weighted by Crippen LogP contribution is -2.23. The molecule has 2 atom stereocenters. The number of H-pyrrole nitrogens is 2. The van der Waals surface area contributed by atoms with E-state index in [1.165, 1.54) is 6.07 Å². The second-order valence-electron chi connectivity index (χ2n) is 6.30. The SMILES string of the molecule is Cc1cc(C[C@@H]2CN(Cc3cc(=O)[nH]c(C)n3)C[C@@H]2O)n[nH]1.O=CO.O=CO. The monoisotopic (exact) mass is 395 g/mol. The molecule has 1 aliphatic rings. The summed E-state index contributed by atoms with van der Waals surface area (Å²) in [4.78, 5) is 37.3. The second-order valence-corrected chi connectivity index (χ2v) is 6.30. The van der Waals surface area contributed by atoms with Crippen LogP contribution >= 0.6 is 0 Å². The molecule has 154 valence electrons. The first-order valence-corrected chi connectivity index (χ1v) is 8.46. The fraction of sp³-hybridized carbons (Fsp3) is 0.471. The summed E-state index contributed by atoms with van der Waals surface area (Å²) in [7, 11) is 0. The van der Waals surface area contributed by atoms with Crippen molar-refractivity contribution in [3.63, 3.8) is 0 Å². The Kier molecular flexibility index (Phi) is 9.54. The largest absolute Gasteiger partial charge is 0.483 e. The summed E-state index contributed by atoms with van der Waals surface area (Å²) >= 11 is 0. The number of carbonyl (C=O) groups is 2. The molecule has 5 N–H and O–H groups in total. The number of likely N-dealkylation sites (tertiary alicyclic amines) is 1. The predicted octanol–water partition coefficient (Wildman–Crippen LogP) is -0.453. The highest BCUT2D eigenvalue weighted by Gasteiger charge is 2.32. The molecule has 11 nitrogen and oxygen atoms in total. The van der Waals surface area contributed by atoms with E-state index in [-0.39, 0.29) is 30.5 Å². The van der Waals surface area contributed by atoms with Crippen LogP contribution in [0, 0.1) is 19.8 Å². The van der Waals surface area contributed by atoms with Crippen molar-refractivity contribution in [1.82, 2.24) is 25.1 Å². The Balaban J connectivity index is 0.000000582. The number of nitrogens with one attached hydrogen (secondary N) is 2. The lowest BCUT2D eigenvalue weighted by molar-refractivity contribution is -0.123. The zero-order valence-corrected chi connectivity index (χ0v) is 15.7. The number of hydrogen-bond donors (Lipinski definition) is 5. The molecule has 1 saturated heterocycles. The van der Waals surface area contributed by atoms with Gasteiger partial charge in [-0.2, -0.15) is 5.10 Å².